The van der Waals surface area contributed by atoms with Gasteiger partial charge in [0, 0.05) is 42.9 Å². The van der Waals surface area contributed by atoms with Crippen LogP contribution >= 0.6 is 0 Å². The van der Waals surface area contributed by atoms with Gasteiger partial charge >= 0.3 is 11.9 Å². The molecule has 12 nitrogen and oxygen atoms in total. The highest BCUT2D eigenvalue weighted by molar-refractivity contribution is 5.84. The SMILES string of the molecule is CC[C@H]1C(=O)[C@@H](C)[C@@H](O)[C@H](C)[C@@H]2O[C@H](CC[C@@H]2C)[C@@H](CC)C(=O)OC/C=C/CCC(=O)O[C@@H]2CC[C@]3(O[C@H]1[C@@H](C)C[C@H]3C)O[C@@]21CC[C@@](C)([C@H]2CC[C@](O)(CC)[C@H](C)O2)O1. The minimum Gasteiger partial charge on any atom is -0.461 e. The summed E-state index contributed by atoms with van der Waals surface area (Å²) in [6.45, 7) is 20.1. The van der Waals surface area contributed by atoms with Crippen molar-refractivity contribution in [1.82, 2.24) is 0 Å². The number of ether oxygens (including phenoxy) is 7. The monoisotopic (exact) mass is 847 g/mol. The Morgan fingerprint density at radius 1 is 0.767 bits per heavy atom. The lowest BCUT2D eigenvalue weighted by molar-refractivity contribution is -0.442. The van der Waals surface area contributed by atoms with Crippen LogP contribution in [-0.2, 0) is 47.5 Å². The molecule has 2 N–H and O–H groups in total. The third-order valence-electron chi connectivity index (χ3n) is 16.1. The zero-order valence-corrected chi connectivity index (χ0v) is 38.3. The van der Waals surface area contributed by atoms with Crippen molar-refractivity contribution < 1.29 is 57.8 Å². The van der Waals surface area contributed by atoms with Gasteiger partial charge in [0.2, 0.25) is 5.79 Å². The van der Waals surface area contributed by atoms with Gasteiger partial charge in [-0.2, -0.15) is 0 Å². The van der Waals surface area contributed by atoms with Crippen molar-refractivity contribution in [2.45, 2.75) is 225 Å². The first-order valence-corrected chi connectivity index (χ1v) is 23.7. The molecule has 7 rings (SSSR count). The molecule has 0 unspecified atom stereocenters. The molecule has 18 atom stereocenters. The minimum atomic E-state index is -1.33. The van der Waals surface area contributed by atoms with E-state index in [2.05, 4.69) is 20.8 Å². The van der Waals surface area contributed by atoms with E-state index in [1.807, 2.05) is 54.5 Å². The maximum absolute atomic E-state index is 14.7. The van der Waals surface area contributed by atoms with E-state index in [9.17, 15) is 24.6 Å². The second-order valence-electron chi connectivity index (χ2n) is 20.0. The molecule has 7 aliphatic heterocycles. The summed E-state index contributed by atoms with van der Waals surface area (Å²) < 4.78 is 46.9. The van der Waals surface area contributed by atoms with Gasteiger partial charge in [-0.1, -0.05) is 67.5 Å². The number of aliphatic hydroxyl groups excluding tert-OH is 1. The van der Waals surface area contributed by atoms with E-state index in [-0.39, 0.29) is 78.8 Å². The van der Waals surface area contributed by atoms with Gasteiger partial charge in [-0.25, -0.2) is 0 Å². The van der Waals surface area contributed by atoms with Crippen LogP contribution in [0.25, 0.3) is 0 Å². The Hall–Kier alpha value is -1.93. The van der Waals surface area contributed by atoms with Gasteiger partial charge in [0.05, 0.1) is 53.7 Å². The first kappa shape index (κ1) is 47.5. The number of carbonyl (C=O) groups excluding carboxylic acids is 3. The fraction of sp³-hybridized carbons (Fsp3) is 0.896. The van der Waals surface area contributed by atoms with Gasteiger partial charge < -0.3 is 43.4 Å². The maximum atomic E-state index is 14.7. The number of rotatable bonds is 4. The summed E-state index contributed by atoms with van der Waals surface area (Å²) in [6, 6.07) is 0. The average molecular weight is 847 g/mol. The zero-order chi connectivity index (χ0) is 43.8. The third-order valence-corrected chi connectivity index (χ3v) is 16.1. The van der Waals surface area contributed by atoms with E-state index in [0.29, 0.717) is 70.6 Å². The summed E-state index contributed by atoms with van der Waals surface area (Å²) in [5.41, 5.74) is -1.70. The summed E-state index contributed by atoms with van der Waals surface area (Å²) in [4.78, 5) is 41.7. The Kier molecular flexibility index (Phi) is 15.1. The van der Waals surface area contributed by atoms with Crippen LogP contribution in [0.2, 0.25) is 0 Å². The first-order valence-electron chi connectivity index (χ1n) is 23.7. The molecule has 0 amide bonds. The molecular formula is C48H78O12. The van der Waals surface area contributed by atoms with Crippen LogP contribution in [0.4, 0.5) is 0 Å². The van der Waals surface area contributed by atoms with Crippen LogP contribution < -0.4 is 0 Å². The fourth-order valence-electron chi connectivity index (χ4n) is 11.8. The lowest BCUT2D eigenvalue weighted by Crippen LogP contribution is -2.65. The lowest BCUT2D eigenvalue weighted by Gasteiger charge is -2.57. The molecule has 0 saturated carbocycles. The smallest absolute Gasteiger partial charge is 0.311 e. The van der Waals surface area contributed by atoms with E-state index < -0.39 is 58.8 Å². The molecule has 0 aromatic rings. The van der Waals surface area contributed by atoms with Crippen LogP contribution in [0.15, 0.2) is 12.2 Å². The molecule has 0 aromatic carbocycles. The summed E-state index contributed by atoms with van der Waals surface area (Å²) in [5, 5.41) is 23.2. The van der Waals surface area contributed by atoms with Crippen molar-refractivity contribution in [3.05, 3.63) is 12.2 Å². The Morgan fingerprint density at radius 2 is 1.48 bits per heavy atom. The molecule has 0 aliphatic carbocycles. The number of ketones is 1. The van der Waals surface area contributed by atoms with Crippen LogP contribution in [0, 0.1) is 41.4 Å². The number of Topliss-reactive ketones (excluding diaryl/α,β-unsaturated/α-hetero) is 1. The predicted octanol–water partition coefficient (Wildman–Crippen LogP) is 7.77. The number of carbonyl (C=O) groups is 3. The Balaban J connectivity index is 1.32. The lowest BCUT2D eigenvalue weighted by atomic mass is 9.72. The predicted molar refractivity (Wildman–Crippen MR) is 224 cm³/mol. The molecule has 5 saturated heterocycles. The highest BCUT2D eigenvalue weighted by Gasteiger charge is 2.65. The van der Waals surface area contributed by atoms with Crippen molar-refractivity contribution in [2.24, 2.45) is 41.4 Å². The van der Waals surface area contributed by atoms with Crippen LogP contribution in [0.1, 0.15) is 159 Å². The second kappa shape index (κ2) is 19.0. The highest BCUT2D eigenvalue weighted by Crippen LogP contribution is 2.56. The van der Waals surface area contributed by atoms with Gasteiger partial charge in [-0.3, -0.25) is 14.4 Å². The van der Waals surface area contributed by atoms with Crippen molar-refractivity contribution in [2.75, 3.05) is 6.61 Å². The van der Waals surface area contributed by atoms with Crippen molar-refractivity contribution in [1.29, 1.82) is 0 Å². The van der Waals surface area contributed by atoms with E-state index in [1.54, 1.807) is 6.08 Å². The number of aliphatic hydroxyl groups is 2. The van der Waals surface area contributed by atoms with E-state index >= 15 is 0 Å². The molecule has 7 heterocycles. The molecular weight excluding hydrogens is 769 g/mol. The topological polar surface area (TPSA) is 156 Å². The fourth-order valence-corrected chi connectivity index (χ4v) is 11.8. The number of esters is 2. The first-order chi connectivity index (χ1) is 28.4. The van der Waals surface area contributed by atoms with Gasteiger partial charge in [0.25, 0.3) is 0 Å². The van der Waals surface area contributed by atoms with Crippen molar-refractivity contribution in [3.63, 3.8) is 0 Å². The summed E-state index contributed by atoms with van der Waals surface area (Å²) in [6.07, 6.45) is 7.62. The van der Waals surface area contributed by atoms with E-state index in [0.717, 1.165) is 12.8 Å². The van der Waals surface area contributed by atoms with Crippen molar-refractivity contribution in [3.8, 4) is 0 Å². The van der Waals surface area contributed by atoms with E-state index in [1.165, 1.54) is 0 Å². The minimum absolute atomic E-state index is 0.0281. The molecule has 342 valence electrons. The van der Waals surface area contributed by atoms with Crippen LogP contribution in [0.3, 0.4) is 0 Å². The van der Waals surface area contributed by atoms with Gasteiger partial charge in [-0.15, -0.1) is 0 Å². The molecule has 7 aliphatic rings. The third kappa shape index (κ3) is 9.32. The van der Waals surface area contributed by atoms with E-state index in [4.69, 9.17) is 33.2 Å². The molecule has 5 bridgehead atoms. The highest BCUT2D eigenvalue weighted by atomic mass is 16.8. The molecule has 5 fully saturated rings. The standard InChI is InChI=1S/C48H78O12/c1-11-34-36-19-18-28(4)42(56-36)32(8)40(50)31(7)41(51)35(12-2)43-29(5)27-30(6)47(58-43)23-21-38(57-39(49)17-15-14-16-26-54-44(34)52)48(60-47)25-24-45(10,59-48)37-20-22-46(53,13-3)33(9)55-37/h14,16,28-38,40,42-43,50,53H,11-13,15,17-27H2,1-10H3/b16-14+/t28-,29-,30+,31-,32-,33-,34+,35-,36+,37+,38+,40+,42+,43-,45-,46+,47-,48-/m0/s1. The average Bonchev–Trinajstić information content (AvgIpc) is 3.56. The molecule has 12 heteroatoms. The van der Waals surface area contributed by atoms with Crippen LogP contribution in [-0.4, -0.2) is 100 Å². The summed E-state index contributed by atoms with van der Waals surface area (Å²) in [7, 11) is 0. The molecule has 60 heavy (non-hydrogen) atoms. The summed E-state index contributed by atoms with van der Waals surface area (Å²) in [5.74, 6) is -5.12. The molecule has 0 radical (unpaired) electrons. The Labute approximate surface area is 359 Å². The van der Waals surface area contributed by atoms with Gasteiger partial charge in [0.15, 0.2) is 11.9 Å². The Bertz CT molecular complexity index is 1540. The summed E-state index contributed by atoms with van der Waals surface area (Å²) >= 11 is 0. The maximum Gasteiger partial charge on any atom is 0.311 e. The van der Waals surface area contributed by atoms with Gasteiger partial charge in [-0.05, 0) is 96.3 Å². The normalized spacial score (nSPS) is 49.5. The quantitative estimate of drug-likeness (QED) is 0.210. The number of hydrogen-bond acceptors (Lipinski definition) is 12. The second-order valence-corrected chi connectivity index (χ2v) is 20.0. The molecule has 2 spiro atoms. The van der Waals surface area contributed by atoms with Gasteiger partial charge in [0.1, 0.15) is 12.4 Å². The van der Waals surface area contributed by atoms with Crippen LogP contribution in [0.5, 0.6) is 0 Å². The molecule has 0 aromatic heterocycles. The largest absolute Gasteiger partial charge is 0.461 e. The number of allylic oxidation sites excluding steroid dienone is 1. The number of hydrogen-bond donors (Lipinski definition) is 2. The van der Waals surface area contributed by atoms with Crippen molar-refractivity contribution >= 4 is 17.7 Å². The Morgan fingerprint density at radius 3 is 2.17 bits per heavy atom. The number of fused-ring (bicyclic) bond motifs is 13. The zero-order valence-electron chi connectivity index (χ0n) is 38.3.